The van der Waals surface area contributed by atoms with Gasteiger partial charge in [-0.15, -0.1) is 0 Å². The maximum atomic E-state index is 13.3. The van der Waals surface area contributed by atoms with Crippen molar-refractivity contribution in [2.24, 2.45) is 0 Å². The summed E-state index contributed by atoms with van der Waals surface area (Å²) in [6.07, 6.45) is 2.48. The van der Waals surface area contributed by atoms with E-state index in [1.54, 1.807) is 30.3 Å². The minimum Gasteiger partial charge on any atom is -0.340 e. The average Bonchev–Trinajstić information content (AvgIpc) is 2.76. The predicted molar refractivity (Wildman–Crippen MR) is 119 cm³/mol. The van der Waals surface area contributed by atoms with Gasteiger partial charge in [-0.25, -0.2) is 19.2 Å². The summed E-state index contributed by atoms with van der Waals surface area (Å²) >= 11 is 5.74. The van der Waals surface area contributed by atoms with Gasteiger partial charge in [0.25, 0.3) is 0 Å². The Morgan fingerprint density at radius 1 is 1.06 bits per heavy atom. The highest BCUT2D eigenvalue weighted by molar-refractivity contribution is 6.31. The van der Waals surface area contributed by atoms with Gasteiger partial charge in [0.15, 0.2) is 0 Å². The third-order valence-corrected chi connectivity index (χ3v) is 4.35. The standard InChI is InChI=1S/C21H18ClFN6O2/c1-3-20(30)27-14-6-4-5-13(9-14)26-18-11-19(25-12-24-18)29(2)21(31)28-15-7-8-17(23)16(22)10-15/h3-12H,1H2,2H3,(H,27,30)(H,28,31)(H,24,25,26). The van der Waals surface area contributed by atoms with Gasteiger partial charge in [-0.3, -0.25) is 9.69 Å². The van der Waals surface area contributed by atoms with Crippen LogP contribution in [0.5, 0.6) is 0 Å². The van der Waals surface area contributed by atoms with Crippen LogP contribution >= 0.6 is 11.6 Å². The Hall–Kier alpha value is -3.98. The molecule has 1 aromatic heterocycles. The molecule has 3 N–H and O–H groups in total. The predicted octanol–water partition coefficient (Wildman–Crippen LogP) is 4.81. The van der Waals surface area contributed by atoms with Gasteiger partial charge in [0.1, 0.15) is 23.8 Å². The van der Waals surface area contributed by atoms with Crippen molar-refractivity contribution in [1.29, 1.82) is 0 Å². The third-order valence-electron chi connectivity index (χ3n) is 4.06. The summed E-state index contributed by atoms with van der Waals surface area (Å²) in [6.45, 7) is 3.42. The summed E-state index contributed by atoms with van der Waals surface area (Å²) in [7, 11) is 1.53. The highest BCUT2D eigenvalue weighted by atomic mass is 35.5. The van der Waals surface area contributed by atoms with E-state index in [9.17, 15) is 14.0 Å². The molecule has 1 heterocycles. The number of carbonyl (C=O) groups excluding carboxylic acids is 2. The van der Waals surface area contributed by atoms with E-state index in [-0.39, 0.29) is 10.9 Å². The van der Waals surface area contributed by atoms with Gasteiger partial charge in [0, 0.05) is 30.2 Å². The number of urea groups is 1. The molecular weight excluding hydrogens is 423 g/mol. The van der Waals surface area contributed by atoms with Crippen LogP contribution in [0, 0.1) is 5.82 Å². The number of aromatic nitrogens is 2. The smallest absolute Gasteiger partial charge is 0.327 e. The summed E-state index contributed by atoms with van der Waals surface area (Å²) in [5.41, 5.74) is 1.59. The molecule has 0 atom stereocenters. The molecule has 0 aliphatic carbocycles. The fourth-order valence-electron chi connectivity index (χ4n) is 2.50. The van der Waals surface area contributed by atoms with Crippen molar-refractivity contribution in [2.45, 2.75) is 0 Å². The first-order valence-corrected chi connectivity index (χ1v) is 9.36. The van der Waals surface area contributed by atoms with E-state index in [0.717, 1.165) is 6.07 Å². The van der Waals surface area contributed by atoms with Crippen LogP contribution in [0.3, 0.4) is 0 Å². The molecule has 0 aliphatic rings. The van der Waals surface area contributed by atoms with Crippen molar-refractivity contribution in [3.8, 4) is 0 Å². The van der Waals surface area contributed by atoms with Crippen LogP contribution in [-0.2, 0) is 4.79 Å². The highest BCUT2D eigenvalue weighted by Crippen LogP contribution is 2.22. The van der Waals surface area contributed by atoms with E-state index >= 15 is 0 Å². The molecule has 2 aromatic carbocycles. The fraction of sp³-hybridized carbons (Fsp3) is 0.0476. The second-order valence-corrected chi connectivity index (χ2v) is 6.69. The summed E-state index contributed by atoms with van der Waals surface area (Å²) in [5.74, 6) is -0.148. The minimum atomic E-state index is -0.576. The quantitative estimate of drug-likeness (QED) is 0.478. The Labute approximate surface area is 182 Å². The first-order valence-electron chi connectivity index (χ1n) is 8.98. The van der Waals surface area contributed by atoms with Crippen molar-refractivity contribution in [2.75, 3.05) is 27.9 Å². The molecule has 3 rings (SSSR count). The summed E-state index contributed by atoms with van der Waals surface area (Å²) in [5, 5.41) is 8.28. The SMILES string of the molecule is C=CC(=O)Nc1cccc(Nc2cc(N(C)C(=O)Nc3ccc(F)c(Cl)c3)ncn2)c1. The maximum Gasteiger partial charge on any atom is 0.327 e. The topological polar surface area (TPSA) is 99.2 Å². The normalized spacial score (nSPS) is 10.2. The van der Waals surface area contributed by atoms with Gasteiger partial charge < -0.3 is 16.0 Å². The van der Waals surface area contributed by atoms with Gasteiger partial charge in [0.2, 0.25) is 5.91 Å². The largest absolute Gasteiger partial charge is 0.340 e. The summed E-state index contributed by atoms with van der Waals surface area (Å²) in [4.78, 5) is 33.5. The van der Waals surface area contributed by atoms with Gasteiger partial charge in [-0.2, -0.15) is 0 Å². The Bertz CT molecular complexity index is 1140. The van der Waals surface area contributed by atoms with Crippen LogP contribution in [0.25, 0.3) is 0 Å². The van der Waals surface area contributed by atoms with E-state index in [0.29, 0.717) is 28.7 Å². The number of nitrogens with one attached hydrogen (secondary N) is 3. The second-order valence-electron chi connectivity index (χ2n) is 6.28. The molecular formula is C21H18ClFN6O2. The molecule has 0 spiro atoms. The Balaban J connectivity index is 1.71. The zero-order valence-corrected chi connectivity index (χ0v) is 17.2. The van der Waals surface area contributed by atoms with Gasteiger partial charge in [0.05, 0.1) is 5.02 Å². The molecule has 8 nitrogen and oxygen atoms in total. The van der Waals surface area contributed by atoms with Gasteiger partial charge in [-0.05, 0) is 42.5 Å². The Kier molecular flexibility index (Phi) is 6.78. The average molecular weight is 441 g/mol. The second kappa shape index (κ2) is 9.68. The number of amides is 3. The van der Waals surface area contributed by atoms with Crippen molar-refractivity contribution in [1.82, 2.24) is 9.97 Å². The molecule has 31 heavy (non-hydrogen) atoms. The number of anilines is 5. The van der Waals surface area contributed by atoms with Gasteiger partial charge in [-0.1, -0.05) is 24.2 Å². The number of hydrogen-bond donors (Lipinski definition) is 3. The van der Waals surface area contributed by atoms with E-state index < -0.39 is 11.8 Å². The monoisotopic (exact) mass is 440 g/mol. The highest BCUT2D eigenvalue weighted by Gasteiger charge is 2.14. The number of benzene rings is 2. The van der Waals surface area contributed by atoms with Crippen LogP contribution < -0.4 is 20.9 Å². The molecule has 0 saturated heterocycles. The molecule has 0 aliphatic heterocycles. The molecule has 3 amide bonds. The Morgan fingerprint density at radius 3 is 2.55 bits per heavy atom. The van der Waals surface area contributed by atoms with Crippen LogP contribution in [-0.4, -0.2) is 29.0 Å². The number of carbonyl (C=O) groups is 2. The van der Waals surface area contributed by atoms with E-state index in [4.69, 9.17) is 11.6 Å². The molecule has 0 fully saturated rings. The third kappa shape index (κ3) is 5.77. The van der Waals surface area contributed by atoms with E-state index in [1.807, 2.05) is 0 Å². The molecule has 0 saturated carbocycles. The minimum absolute atomic E-state index is 0.0968. The van der Waals surface area contributed by atoms with Crippen LogP contribution in [0.4, 0.5) is 37.9 Å². The molecule has 0 bridgehead atoms. The summed E-state index contributed by atoms with van der Waals surface area (Å²) in [6, 6.07) is 12.0. The molecule has 158 valence electrons. The maximum absolute atomic E-state index is 13.3. The molecule has 0 radical (unpaired) electrons. The van der Waals surface area contributed by atoms with Crippen LogP contribution in [0.2, 0.25) is 5.02 Å². The van der Waals surface area contributed by atoms with Crippen LogP contribution in [0.1, 0.15) is 0 Å². The zero-order chi connectivity index (χ0) is 22.4. The molecule has 0 unspecified atom stereocenters. The lowest BCUT2D eigenvalue weighted by molar-refractivity contribution is -0.111. The molecule has 10 heteroatoms. The summed E-state index contributed by atoms with van der Waals surface area (Å²) < 4.78 is 13.3. The fourth-order valence-corrected chi connectivity index (χ4v) is 2.68. The van der Waals surface area contributed by atoms with Crippen molar-refractivity contribution in [3.63, 3.8) is 0 Å². The van der Waals surface area contributed by atoms with Gasteiger partial charge >= 0.3 is 6.03 Å². The number of hydrogen-bond acceptors (Lipinski definition) is 5. The van der Waals surface area contributed by atoms with E-state index in [2.05, 4.69) is 32.5 Å². The Morgan fingerprint density at radius 2 is 1.81 bits per heavy atom. The zero-order valence-electron chi connectivity index (χ0n) is 16.4. The number of rotatable bonds is 6. The number of halogens is 2. The number of nitrogens with zero attached hydrogens (tertiary/aromatic N) is 3. The van der Waals surface area contributed by atoms with Crippen molar-refractivity contribution >= 4 is 52.2 Å². The lowest BCUT2D eigenvalue weighted by atomic mass is 10.2. The van der Waals surface area contributed by atoms with E-state index in [1.165, 1.54) is 36.5 Å². The van der Waals surface area contributed by atoms with Crippen molar-refractivity contribution in [3.05, 3.63) is 78.4 Å². The first kappa shape index (κ1) is 21.7. The lowest BCUT2D eigenvalue weighted by Crippen LogP contribution is -2.31. The van der Waals surface area contributed by atoms with Crippen LogP contribution in [0.15, 0.2) is 67.5 Å². The molecule has 3 aromatic rings. The van der Waals surface area contributed by atoms with Crippen molar-refractivity contribution < 1.29 is 14.0 Å². The lowest BCUT2D eigenvalue weighted by Gasteiger charge is -2.18. The first-order chi connectivity index (χ1) is 14.9.